The van der Waals surface area contributed by atoms with Crippen LogP contribution in [0.4, 0.5) is 0 Å². The molecule has 1 N–H and O–H groups in total. The molecule has 1 atom stereocenters. The van der Waals surface area contributed by atoms with Crippen molar-refractivity contribution >= 4 is 0 Å². The Balaban J connectivity index is 1.73. The van der Waals surface area contributed by atoms with Gasteiger partial charge in [0.15, 0.2) is 0 Å². The first-order valence-corrected chi connectivity index (χ1v) is 7.23. The topological polar surface area (TPSA) is 30.5 Å². The number of hydrogen-bond donors (Lipinski definition) is 1. The van der Waals surface area contributed by atoms with Gasteiger partial charge in [-0.05, 0) is 38.5 Å². The molecule has 0 aromatic rings. The summed E-state index contributed by atoms with van der Waals surface area (Å²) < 4.78 is 11.3. The highest BCUT2D eigenvalue weighted by molar-refractivity contribution is 4.89. The van der Waals surface area contributed by atoms with Gasteiger partial charge in [-0.2, -0.15) is 0 Å². The van der Waals surface area contributed by atoms with Crippen molar-refractivity contribution in [2.75, 3.05) is 33.0 Å². The lowest BCUT2D eigenvalue weighted by Crippen LogP contribution is -2.42. The summed E-state index contributed by atoms with van der Waals surface area (Å²) in [5.74, 6) is 0. The van der Waals surface area contributed by atoms with E-state index in [9.17, 15) is 0 Å². The zero-order valence-corrected chi connectivity index (χ0v) is 11.2. The molecule has 17 heavy (non-hydrogen) atoms. The zero-order valence-electron chi connectivity index (χ0n) is 11.2. The van der Waals surface area contributed by atoms with Crippen LogP contribution in [0, 0.1) is 5.41 Å². The molecule has 0 bridgehead atoms. The van der Waals surface area contributed by atoms with E-state index in [4.69, 9.17) is 9.47 Å². The number of rotatable bonds is 8. The molecule has 1 unspecified atom stereocenters. The van der Waals surface area contributed by atoms with Gasteiger partial charge in [0.2, 0.25) is 0 Å². The van der Waals surface area contributed by atoms with E-state index in [1.54, 1.807) is 0 Å². The molecule has 0 amide bonds. The lowest BCUT2D eigenvalue weighted by atomic mass is 9.79. The molecule has 1 aliphatic heterocycles. The van der Waals surface area contributed by atoms with Crippen molar-refractivity contribution in [2.45, 2.75) is 51.5 Å². The first-order chi connectivity index (χ1) is 8.35. The largest absolute Gasteiger partial charge is 0.381 e. The van der Waals surface area contributed by atoms with E-state index in [0.717, 1.165) is 51.9 Å². The molecule has 2 rings (SSSR count). The lowest BCUT2D eigenvalue weighted by molar-refractivity contribution is -0.0272. The van der Waals surface area contributed by atoms with Crippen molar-refractivity contribution in [3.63, 3.8) is 0 Å². The normalized spacial score (nSPS) is 29.5. The van der Waals surface area contributed by atoms with Gasteiger partial charge in [-0.15, -0.1) is 0 Å². The zero-order chi connectivity index (χ0) is 12.0. The van der Waals surface area contributed by atoms with E-state index in [-0.39, 0.29) is 0 Å². The van der Waals surface area contributed by atoms with Gasteiger partial charge in [0.05, 0.1) is 6.61 Å². The Morgan fingerprint density at radius 1 is 1.35 bits per heavy atom. The predicted molar refractivity (Wildman–Crippen MR) is 69.2 cm³/mol. The van der Waals surface area contributed by atoms with Gasteiger partial charge in [0.25, 0.3) is 0 Å². The van der Waals surface area contributed by atoms with Crippen molar-refractivity contribution in [3.05, 3.63) is 0 Å². The van der Waals surface area contributed by atoms with Gasteiger partial charge in [0.1, 0.15) is 0 Å². The first-order valence-electron chi connectivity index (χ1n) is 7.23. The molecule has 0 aromatic heterocycles. The average Bonchev–Trinajstić information content (AvgIpc) is 3.18. The second kappa shape index (κ2) is 6.72. The van der Waals surface area contributed by atoms with Crippen LogP contribution in [0.3, 0.4) is 0 Å². The molecule has 3 heteroatoms. The Bertz CT molecular complexity index is 210. The molecule has 0 spiro atoms. The van der Waals surface area contributed by atoms with E-state index >= 15 is 0 Å². The van der Waals surface area contributed by atoms with Gasteiger partial charge < -0.3 is 14.8 Å². The first kappa shape index (κ1) is 13.3. The monoisotopic (exact) mass is 241 g/mol. The number of nitrogens with one attached hydrogen (secondary N) is 1. The highest BCUT2D eigenvalue weighted by atomic mass is 16.5. The van der Waals surface area contributed by atoms with Crippen LogP contribution in [0.25, 0.3) is 0 Å². The highest BCUT2D eigenvalue weighted by Gasteiger charge is 2.34. The van der Waals surface area contributed by atoms with Crippen LogP contribution in [0.5, 0.6) is 0 Å². The maximum atomic E-state index is 5.70. The third-order valence-electron chi connectivity index (χ3n) is 3.87. The Labute approximate surface area is 105 Å². The average molecular weight is 241 g/mol. The van der Waals surface area contributed by atoms with Gasteiger partial charge >= 0.3 is 0 Å². The lowest BCUT2D eigenvalue weighted by Gasteiger charge is -2.37. The molecular weight excluding hydrogens is 214 g/mol. The molecule has 3 nitrogen and oxygen atoms in total. The molecule has 1 aliphatic carbocycles. The van der Waals surface area contributed by atoms with E-state index in [1.807, 2.05) is 0 Å². The maximum absolute atomic E-state index is 5.70. The van der Waals surface area contributed by atoms with Crippen LogP contribution >= 0.6 is 0 Å². The Morgan fingerprint density at radius 2 is 2.24 bits per heavy atom. The van der Waals surface area contributed by atoms with Crippen LogP contribution in [0.1, 0.15) is 45.4 Å². The maximum Gasteiger partial charge on any atom is 0.0535 e. The van der Waals surface area contributed by atoms with Gasteiger partial charge in [-0.1, -0.05) is 6.92 Å². The summed E-state index contributed by atoms with van der Waals surface area (Å²) in [6.45, 7) is 6.93. The van der Waals surface area contributed by atoms with Crippen molar-refractivity contribution in [1.29, 1.82) is 0 Å². The van der Waals surface area contributed by atoms with Crippen LogP contribution in [0.15, 0.2) is 0 Å². The molecular formula is C14H27NO2. The molecule has 100 valence electrons. The van der Waals surface area contributed by atoms with Crippen LogP contribution in [-0.2, 0) is 9.47 Å². The van der Waals surface area contributed by atoms with Crippen molar-refractivity contribution in [2.24, 2.45) is 5.41 Å². The summed E-state index contributed by atoms with van der Waals surface area (Å²) in [6.07, 6.45) is 7.49. The standard InChI is InChI=1S/C14H27NO2/c1-2-8-16-10-7-14(6-3-9-17-12-14)11-15-13-4-5-13/h13,15H,2-12H2,1H3. The SMILES string of the molecule is CCCOCCC1(CNC2CC2)CCCOC1. The van der Waals surface area contributed by atoms with E-state index < -0.39 is 0 Å². The molecule has 1 heterocycles. The van der Waals surface area contributed by atoms with Gasteiger partial charge in [-0.3, -0.25) is 0 Å². The molecule has 1 saturated heterocycles. The molecule has 0 radical (unpaired) electrons. The van der Waals surface area contributed by atoms with Crippen LogP contribution in [-0.4, -0.2) is 39.0 Å². The third-order valence-corrected chi connectivity index (χ3v) is 3.87. The van der Waals surface area contributed by atoms with Gasteiger partial charge in [0, 0.05) is 37.8 Å². The second-order valence-corrected chi connectivity index (χ2v) is 5.67. The minimum atomic E-state index is 0.342. The summed E-state index contributed by atoms with van der Waals surface area (Å²) in [5.41, 5.74) is 0.342. The fraction of sp³-hybridized carbons (Fsp3) is 1.00. The summed E-state index contributed by atoms with van der Waals surface area (Å²) in [4.78, 5) is 0. The van der Waals surface area contributed by atoms with E-state index in [2.05, 4.69) is 12.2 Å². The molecule has 1 saturated carbocycles. The van der Waals surface area contributed by atoms with E-state index in [1.165, 1.54) is 25.7 Å². The van der Waals surface area contributed by atoms with E-state index in [0.29, 0.717) is 5.41 Å². The van der Waals surface area contributed by atoms with Crippen molar-refractivity contribution in [1.82, 2.24) is 5.32 Å². The molecule has 2 aliphatic rings. The molecule has 2 fully saturated rings. The quantitative estimate of drug-likeness (QED) is 0.662. The fourth-order valence-corrected chi connectivity index (χ4v) is 2.52. The fourth-order valence-electron chi connectivity index (χ4n) is 2.52. The van der Waals surface area contributed by atoms with Crippen LogP contribution in [0.2, 0.25) is 0 Å². The Hall–Kier alpha value is -0.120. The smallest absolute Gasteiger partial charge is 0.0535 e. The molecule has 0 aromatic carbocycles. The van der Waals surface area contributed by atoms with Crippen molar-refractivity contribution in [3.8, 4) is 0 Å². The summed E-state index contributed by atoms with van der Waals surface area (Å²) in [5, 5.41) is 3.67. The summed E-state index contributed by atoms with van der Waals surface area (Å²) in [6, 6.07) is 0.797. The summed E-state index contributed by atoms with van der Waals surface area (Å²) in [7, 11) is 0. The van der Waals surface area contributed by atoms with Crippen LogP contribution < -0.4 is 5.32 Å². The second-order valence-electron chi connectivity index (χ2n) is 5.67. The van der Waals surface area contributed by atoms with Crippen molar-refractivity contribution < 1.29 is 9.47 Å². The Kier molecular flexibility index (Phi) is 5.26. The third kappa shape index (κ3) is 4.57. The summed E-state index contributed by atoms with van der Waals surface area (Å²) >= 11 is 0. The minimum Gasteiger partial charge on any atom is -0.381 e. The van der Waals surface area contributed by atoms with Gasteiger partial charge in [-0.25, -0.2) is 0 Å². The number of hydrogen-bond acceptors (Lipinski definition) is 3. The number of ether oxygens (including phenoxy) is 2. The Morgan fingerprint density at radius 3 is 2.88 bits per heavy atom. The minimum absolute atomic E-state index is 0.342. The highest BCUT2D eigenvalue weighted by Crippen LogP contribution is 2.33. The predicted octanol–water partition coefficient (Wildman–Crippen LogP) is 2.35.